The molecule has 0 aliphatic carbocycles. The van der Waals surface area contributed by atoms with Gasteiger partial charge in [-0.25, -0.2) is 9.26 Å². The standard InChI is InChI=1S/C55H54N6O7S/c1-33-12-14-34(15-13-33)48-32-39(57-61(48)40-20-17-38(18-21-40)58-69(66)67)19-22-41(62)9-2-24-56-54(63)37-16-23-42(55(64)65)45(31-37)49-46-29-35-7-3-25-59-27-5-10-43(50(35)59)52(46)68-53-44-11-6-28-60-26-4-8-36(51(44)60)30-47(49)53/h12-18,20-21,23,29-32,58H,2-11,19,22,24-28H2,1H3,(H2-,56,63,64,65,66,67)/p-1. The topological polar surface area (TPSA) is 172 Å². The number of anilines is 2. The highest BCUT2D eigenvalue weighted by atomic mass is 32.2. The molecule has 6 aromatic rings. The molecule has 11 rings (SSSR count). The van der Waals surface area contributed by atoms with Gasteiger partial charge in [0.15, 0.2) is 0 Å². The number of amides is 1. The molecule has 0 fully saturated rings. The van der Waals surface area contributed by atoms with Crippen LogP contribution in [0.3, 0.4) is 0 Å². The highest BCUT2D eigenvalue weighted by Gasteiger charge is 2.36. The van der Waals surface area contributed by atoms with Crippen LogP contribution in [0.4, 0.5) is 11.4 Å². The molecular weight excluding hydrogens is 889 g/mol. The number of hydrogen-bond acceptors (Lipinski definition) is 9. The zero-order chi connectivity index (χ0) is 47.3. The van der Waals surface area contributed by atoms with Gasteiger partial charge >= 0.3 is 0 Å². The van der Waals surface area contributed by atoms with Crippen molar-refractivity contribution in [2.45, 2.75) is 84.0 Å². The van der Waals surface area contributed by atoms with Crippen LogP contribution in [-0.4, -0.2) is 68.9 Å². The van der Waals surface area contributed by atoms with Crippen LogP contribution in [0.5, 0.6) is 11.5 Å². The Kier molecular flexibility index (Phi) is 12.0. The summed E-state index contributed by atoms with van der Waals surface area (Å²) in [6, 6.07) is 26.2. The van der Waals surface area contributed by atoms with Crippen LogP contribution in [0.25, 0.3) is 22.5 Å². The Hall–Kier alpha value is -6.90. The molecule has 14 heteroatoms. The van der Waals surface area contributed by atoms with E-state index in [2.05, 4.69) is 31.6 Å². The van der Waals surface area contributed by atoms with E-state index in [1.54, 1.807) is 41.1 Å². The maximum Gasteiger partial charge on any atom is 0.251 e. The summed E-state index contributed by atoms with van der Waals surface area (Å²) in [7, 11) is 0. The minimum atomic E-state index is -2.44. The molecule has 69 heavy (non-hydrogen) atoms. The Bertz CT molecular complexity index is 3250. The van der Waals surface area contributed by atoms with Crippen molar-refractivity contribution in [1.82, 2.24) is 19.7 Å². The monoisotopic (exact) mass is 941 g/mol. The number of nitrogens with zero attached hydrogens (tertiary/aromatic N) is 4. The van der Waals surface area contributed by atoms with E-state index in [-0.39, 0.29) is 36.6 Å². The summed E-state index contributed by atoms with van der Waals surface area (Å²) in [5, 5.41) is 23.1. The highest BCUT2D eigenvalue weighted by Crippen LogP contribution is 2.49. The second-order valence-corrected chi connectivity index (χ2v) is 19.6. The predicted molar refractivity (Wildman–Crippen MR) is 262 cm³/mol. The molecule has 2 N–H and O–H groups in total. The van der Waals surface area contributed by atoms with Crippen molar-refractivity contribution in [3.05, 3.63) is 151 Å². The number of benzene rings is 5. The number of carbonyl (C=O) groups is 3. The third kappa shape index (κ3) is 8.54. The van der Waals surface area contributed by atoms with E-state index in [0.717, 1.165) is 134 Å². The van der Waals surface area contributed by atoms with Gasteiger partial charge in [-0.1, -0.05) is 35.9 Å². The second kappa shape index (κ2) is 18.5. The quantitative estimate of drug-likeness (QED) is 0.0805. The third-order valence-electron chi connectivity index (χ3n) is 14.5. The number of carbonyl (C=O) groups excluding carboxylic acids is 3. The van der Waals surface area contributed by atoms with Gasteiger partial charge < -0.3 is 34.1 Å². The average molecular weight is 942 g/mol. The first-order chi connectivity index (χ1) is 33.6. The molecule has 13 nitrogen and oxygen atoms in total. The summed E-state index contributed by atoms with van der Waals surface area (Å²) in [4.78, 5) is 42.8. The largest absolute Gasteiger partial charge is 0.755 e. The van der Waals surface area contributed by atoms with Crippen LogP contribution in [0.2, 0.25) is 0 Å². The van der Waals surface area contributed by atoms with Crippen molar-refractivity contribution in [1.29, 1.82) is 0 Å². The Morgan fingerprint density at radius 3 is 2.35 bits per heavy atom. The van der Waals surface area contributed by atoms with Gasteiger partial charge in [0.2, 0.25) is 5.36 Å². The van der Waals surface area contributed by atoms with Crippen molar-refractivity contribution >= 4 is 45.9 Å². The van der Waals surface area contributed by atoms with Gasteiger partial charge in [0.25, 0.3) is 5.91 Å². The Labute approximate surface area is 403 Å². The predicted octanol–water partition coefficient (Wildman–Crippen LogP) is 5.56. The Morgan fingerprint density at radius 1 is 0.812 bits per heavy atom. The van der Waals surface area contributed by atoms with Gasteiger partial charge in [-0.15, -0.1) is 0 Å². The second-order valence-electron chi connectivity index (χ2n) is 19.0. The van der Waals surface area contributed by atoms with Crippen LogP contribution >= 0.6 is 0 Å². The molecule has 5 aliphatic rings. The number of hydrogen-bond donors (Lipinski definition) is 2. The van der Waals surface area contributed by atoms with E-state index in [1.165, 1.54) is 39.4 Å². The van der Waals surface area contributed by atoms with E-state index in [4.69, 9.17) is 9.84 Å². The molecule has 0 bridgehead atoms. The zero-order valence-electron chi connectivity index (χ0n) is 38.7. The molecule has 1 amide bonds. The molecule has 5 aromatic carbocycles. The number of carboxylic acids is 1. The number of fused-ring (bicyclic) bond motifs is 4. The molecule has 1 aromatic heterocycles. The van der Waals surface area contributed by atoms with Gasteiger partial charge in [0.1, 0.15) is 30.4 Å². The third-order valence-corrected chi connectivity index (χ3v) is 14.9. The fourth-order valence-corrected chi connectivity index (χ4v) is 11.6. The molecule has 0 saturated carbocycles. The van der Waals surface area contributed by atoms with Crippen LogP contribution in [0, 0.1) is 6.92 Å². The number of carboxylic acid groups (broad SMARTS) is 1. The number of ether oxygens (including phenoxy) is 1. The number of aromatic nitrogens is 2. The molecular formula is C55H53N6O7S-. The summed E-state index contributed by atoms with van der Waals surface area (Å²) < 4.78 is 36.1. The number of aryl methyl sites for hydroxylation is 4. The molecule has 6 heterocycles. The van der Waals surface area contributed by atoms with Crippen molar-refractivity contribution in [3.63, 3.8) is 0 Å². The average Bonchev–Trinajstić information content (AvgIpc) is 3.79. The minimum Gasteiger partial charge on any atom is -0.755 e. The van der Waals surface area contributed by atoms with E-state index in [1.807, 2.05) is 37.3 Å². The summed E-state index contributed by atoms with van der Waals surface area (Å²) in [5.74, 6) is -0.0174. The van der Waals surface area contributed by atoms with Gasteiger partial charge in [-0.2, -0.15) is 5.10 Å². The first-order valence-corrected chi connectivity index (χ1v) is 25.4. The van der Waals surface area contributed by atoms with Crippen LogP contribution < -0.4 is 39.9 Å². The number of Topliss-reactive ketones (excluding diaryl/α,β-unsaturated/α-hetero) is 1. The lowest BCUT2D eigenvalue weighted by molar-refractivity contribution is -0.255. The van der Waals surface area contributed by atoms with Crippen molar-refractivity contribution in [2.24, 2.45) is 0 Å². The van der Waals surface area contributed by atoms with E-state index in [9.17, 15) is 28.3 Å². The molecule has 5 aliphatic heterocycles. The first kappa shape index (κ1) is 44.6. The van der Waals surface area contributed by atoms with Gasteiger partial charge in [0.05, 0.1) is 28.6 Å². The van der Waals surface area contributed by atoms with Crippen molar-refractivity contribution < 1.29 is 33.0 Å². The number of nitrogens with one attached hydrogen (secondary N) is 2. The molecule has 352 valence electrons. The maximum atomic E-state index is 14.0. The van der Waals surface area contributed by atoms with Gasteiger partial charge in [-0.3, -0.25) is 13.8 Å². The van der Waals surface area contributed by atoms with Crippen LogP contribution in [-0.2, 0) is 48.2 Å². The minimum absolute atomic E-state index is 0.0209. The summed E-state index contributed by atoms with van der Waals surface area (Å²) in [6.45, 7) is 6.32. The maximum absolute atomic E-state index is 14.0. The lowest BCUT2D eigenvalue weighted by atomic mass is 9.81. The molecule has 0 spiro atoms. The molecule has 1 atom stereocenters. The number of rotatable bonds is 14. The first-order valence-electron chi connectivity index (χ1n) is 24.3. The Morgan fingerprint density at radius 2 is 1.57 bits per heavy atom. The Balaban J connectivity index is 0.840. The van der Waals surface area contributed by atoms with Crippen LogP contribution in [0.15, 0.2) is 84.9 Å². The molecule has 0 radical (unpaired) electrons. The van der Waals surface area contributed by atoms with Gasteiger partial charge in [-0.05, 0) is 124 Å². The van der Waals surface area contributed by atoms with Crippen molar-refractivity contribution in [2.75, 3.05) is 42.3 Å². The number of ketones is 1. The lowest BCUT2D eigenvalue weighted by Crippen LogP contribution is -2.45. The SMILES string of the molecule is Cc1ccc(-c2cc(CCC(=O)CCCNC(=O)c3ccc(C(=O)[O-])c(C4=c5cc6c7c(c5Oc5c4cc4c8c5CCCN8CCC4)CCC[N+]=7CCC6)c3)nn2-c2ccc(NS(=O)[O-])cc2)cc1. The zero-order valence-corrected chi connectivity index (χ0v) is 39.5. The summed E-state index contributed by atoms with van der Waals surface area (Å²) in [6.07, 6.45) is 9.10. The normalized spacial score (nSPS) is 15.8. The summed E-state index contributed by atoms with van der Waals surface area (Å²) >= 11 is -2.44. The van der Waals surface area contributed by atoms with E-state index < -0.39 is 17.2 Å². The van der Waals surface area contributed by atoms with Crippen LogP contribution in [0.1, 0.15) is 110 Å². The van der Waals surface area contributed by atoms with Gasteiger partial charge in [0, 0.05) is 112 Å². The lowest BCUT2D eigenvalue weighted by Gasteiger charge is -2.39. The van der Waals surface area contributed by atoms with E-state index >= 15 is 0 Å². The smallest absolute Gasteiger partial charge is 0.251 e. The fourth-order valence-electron chi connectivity index (χ4n) is 11.3. The molecule has 1 unspecified atom stereocenters. The molecule has 0 saturated heterocycles. The highest BCUT2D eigenvalue weighted by molar-refractivity contribution is 7.80. The summed E-state index contributed by atoms with van der Waals surface area (Å²) in [5.41, 5.74) is 13.4. The number of aromatic carboxylic acids is 1. The fraction of sp³-hybridized carbons (Fsp3) is 0.327. The van der Waals surface area contributed by atoms with Crippen molar-refractivity contribution in [3.8, 4) is 28.4 Å². The van der Waals surface area contributed by atoms with E-state index in [0.29, 0.717) is 29.7 Å².